The van der Waals surface area contributed by atoms with Crippen molar-refractivity contribution in [1.82, 2.24) is 10.6 Å². The molecule has 1 aromatic rings. The van der Waals surface area contributed by atoms with Crippen molar-refractivity contribution >= 4 is 6.03 Å². The van der Waals surface area contributed by atoms with Crippen LogP contribution in [0.1, 0.15) is 11.1 Å². The molecule has 0 heterocycles. The molecule has 0 spiro atoms. The summed E-state index contributed by atoms with van der Waals surface area (Å²) in [7, 11) is 0. The second-order valence-corrected chi connectivity index (χ2v) is 3.46. The highest BCUT2D eigenvalue weighted by Crippen LogP contribution is 2.02. The van der Waals surface area contributed by atoms with E-state index in [0.29, 0.717) is 6.54 Å². The summed E-state index contributed by atoms with van der Waals surface area (Å²) in [5.74, 6) is 0. The first-order valence-corrected chi connectivity index (χ1v) is 4.98. The van der Waals surface area contributed by atoms with Crippen LogP contribution in [0.15, 0.2) is 24.3 Å². The van der Waals surface area contributed by atoms with E-state index in [1.165, 1.54) is 11.1 Å². The summed E-state index contributed by atoms with van der Waals surface area (Å²) in [6, 6.07) is 7.83. The lowest BCUT2D eigenvalue weighted by Crippen LogP contribution is -2.35. The maximum Gasteiger partial charge on any atom is 0.312 e. The summed E-state index contributed by atoms with van der Waals surface area (Å²) >= 11 is 0. The third-order valence-electron chi connectivity index (χ3n) is 2.01. The molecule has 0 fully saturated rings. The van der Waals surface area contributed by atoms with Crippen LogP contribution in [0.5, 0.6) is 0 Å². The van der Waals surface area contributed by atoms with Crippen LogP contribution in [0, 0.1) is 6.92 Å². The first kappa shape index (κ1) is 11.5. The van der Waals surface area contributed by atoms with Gasteiger partial charge >= 0.3 is 6.03 Å². The van der Waals surface area contributed by atoms with Crippen LogP contribution in [0.4, 0.5) is 4.79 Å². The number of carbonyl (C=O) groups is 1. The number of primary amides is 1. The van der Waals surface area contributed by atoms with Gasteiger partial charge in [0.1, 0.15) is 0 Å². The number of benzene rings is 1. The third kappa shape index (κ3) is 5.02. The van der Waals surface area contributed by atoms with Crippen molar-refractivity contribution in [2.75, 3.05) is 13.1 Å². The fourth-order valence-electron chi connectivity index (χ4n) is 1.33. The Kier molecular flexibility index (Phi) is 4.63. The summed E-state index contributed by atoms with van der Waals surface area (Å²) < 4.78 is 0. The Hall–Kier alpha value is -1.55. The van der Waals surface area contributed by atoms with Crippen molar-refractivity contribution in [2.45, 2.75) is 13.5 Å². The molecule has 1 aromatic carbocycles. The monoisotopic (exact) mass is 207 g/mol. The molecular formula is C11H17N3O. The number of nitrogens with one attached hydrogen (secondary N) is 2. The Labute approximate surface area is 89.9 Å². The summed E-state index contributed by atoms with van der Waals surface area (Å²) in [6.45, 7) is 4.15. The number of aryl methyl sites for hydroxylation is 1. The van der Waals surface area contributed by atoms with Gasteiger partial charge in [0, 0.05) is 19.6 Å². The van der Waals surface area contributed by atoms with Gasteiger partial charge in [0.25, 0.3) is 0 Å². The van der Waals surface area contributed by atoms with E-state index < -0.39 is 6.03 Å². The fraction of sp³-hybridized carbons (Fsp3) is 0.364. The zero-order valence-corrected chi connectivity index (χ0v) is 8.92. The molecule has 0 saturated carbocycles. The van der Waals surface area contributed by atoms with Gasteiger partial charge in [0.2, 0.25) is 0 Å². The minimum atomic E-state index is -0.479. The van der Waals surface area contributed by atoms with E-state index in [4.69, 9.17) is 5.73 Å². The summed E-state index contributed by atoms with van der Waals surface area (Å²) in [5.41, 5.74) is 7.43. The van der Waals surface area contributed by atoms with Gasteiger partial charge in [0.05, 0.1) is 0 Å². The number of rotatable bonds is 5. The van der Waals surface area contributed by atoms with Crippen LogP contribution in [0.2, 0.25) is 0 Å². The Balaban J connectivity index is 2.17. The Morgan fingerprint density at radius 2 is 2.20 bits per heavy atom. The predicted octanol–water partition coefficient (Wildman–Crippen LogP) is 0.753. The van der Waals surface area contributed by atoms with Crippen molar-refractivity contribution in [3.05, 3.63) is 35.4 Å². The number of hydrogen-bond acceptors (Lipinski definition) is 2. The van der Waals surface area contributed by atoms with Crippen molar-refractivity contribution in [3.8, 4) is 0 Å². The number of urea groups is 1. The van der Waals surface area contributed by atoms with Crippen molar-refractivity contribution in [1.29, 1.82) is 0 Å². The molecule has 4 heteroatoms. The first-order chi connectivity index (χ1) is 7.18. The molecule has 0 atom stereocenters. The Morgan fingerprint density at radius 1 is 1.40 bits per heavy atom. The highest BCUT2D eigenvalue weighted by atomic mass is 16.2. The molecule has 0 aromatic heterocycles. The van der Waals surface area contributed by atoms with E-state index in [0.717, 1.165) is 13.1 Å². The molecule has 0 unspecified atom stereocenters. The molecule has 0 aliphatic carbocycles. The van der Waals surface area contributed by atoms with Crippen molar-refractivity contribution < 1.29 is 4.79 Å². The van der Waals surface area contributed by atoms with Crippen molar-refractivity contribution in [3.63, 3.8) is 0 Å². The molecular weight excluding hydrogens is 190 g/mol. The van der Waals surface area contributed by atoms with E-state index >= 15 is 0 Å². The highest BCUT2D eigenvalue weighted by Gasteiger charge is 1.93. The lowest BCUT2D eigenvalue weighted by atomic mass is 10.1. The average Bonchev–Trinajstić information content (AvgIpc) is 2.17. The number of nitrogens with two attached hydrogens (primary N) is 1. The molecule has 4 N–H and O–H groups in total. The maximum atomic E-state index is 10.4. The zero-order chi connectivity index (χ0) is 11.1. The number of hydrogen-bond donors (Lipinski definition) is 3. The standard InChI is InChI=1S/C11H17N3O/c1-9-3-2-4-10(7-9)8-13-5-6-14-11(12)15/h2-4,7,13H,5-6,8H2,1H3,(H3,12,14,15). The minimum Gasteiger partial charge on any atom is -0.352 e. The first-order valence-electron chi connectivity index (χ1n) is 4.98. The van der Waals surface area contributed by atoms with Crippen molar-refractivity contribution in [2.24, 2.45) is 5.73 Å². The normalized spacial score (nSPS) is 9.93. The Bertz CT molecular complexity index is 325. The van der Waals surface area contributed by atoms with Gasteiger partial charge in [-0.2, -0.15) is 0 Å². The predicted molar refractivity (Wildman–Crippen MR) is 60.5 cm³/mol. The third-order valence-corrected chi connectivity index (χ3v) is 2.01. The molecule has 0 bridgehead atoms. The number of carbonyl (C=O) groups excluding carboxylic acids is 1. The summed E-state index contributed by atoms with van der Waals surface area (Å²) in [4.78, 5) is 10.4. The maximum absolute atomic E-state index is 10.4. The van der Waals surface area contributed by atoms with E-state index in [2.05, 4.69) is 35.8 Å². The van der Waals surface area contributed by atoms with E-state index in [1.807, 2.05) is 6.07 Å². The van der Waals surface area contributed by atoms with Crippen LogP contribution >= 0.6 is 0 Å². The summed E-state index contributed by atoms with van der Waals surface area (Å²) in [6.07, 6.45) is 0. The van der Waals surface area contributed by atoms with Crippen LogP contribution in [-0.4, -0.2) is 19.1 Å². The second-order valence-electron chi connectivity index (χ2n) is 3.46. The largest absolute Gasteiger partial charge is 0.352 e. The molecule has 0 aliphatic rings. The smallest absolute Gasteiger partial charge is 0.312 e. The van der Waals surface area contributed by atoms with Gasteiger partial charge in [-0.15, -0.1) is 0 Å². The fourth-order valence-corrected chi connectivity index (χ4v) is 1.33. The van der Waals surface area contributed by atoms with Gasteiger partial charge in [-0.25, -0.2) is 4.79 Å². The quantitative estimate of drug-likeness (QED) is 0.624. The summed E-state index contributed by atoms with van der Waals surface area (Å²) in [5, 5.41) is 5.73. The molecule has 0 saturated heterocycles. The van der Waals surface area contributed by atoms with Gasteiger partial charge in [0.15, 0.2) is 0 Å². The van der Waals surface area contributed by atoms with Crippen LogP contribution in [0.3, 0.4) is 0 Å². The molecule has 0 aliphatic heterocycles. The van der Waals surface area contributed by atoms with Crippen LogP contribution < -0.4 is 16.4 Å². The van der Waals surface area contributed by atoms with Crippen LogP contribution in [0.25, 0.3) is 0 Å². The number of amides is 2. The van der Waals surface area contributed by atoms with Gasteiger partial charge in [-0.1, -0.05) is 29.8 Å². The second kappa shape index (κ2) is 6.03. The van der Waals surface area contributed by atoms with Gasteiger partial charge in [-0.3, -0.25) is 0 Å². The van der Waals surface area contributed by atoms with Crippen LogP contribution in [-0.2, 0) is 6.54 Å². The lowest BCUT2D eigenvalue weighted by molar-refractivity contribution is 0.249. The topological polar surface area (TPSA) is 67.2 Å². The molecule has 82 valence electrons. The van der Waals surface area contributed by atoms with Gasteiger partial charge < -0.3 is 16.4 Å². The Morgan fingerprint density at radius 3 is 2.87 bits per heavy atom. The highest BCUT2D eigenvalue weighted by molar-refractivity contribution is 5.71. The average molecular weight is 207 g/mol. The lowest BCUT2D eigenvalue weighted by Gasteiger charge is -2.05. The zero-order valence-electron chi connectivity index (χ0n) is 8.92. The molecule has 0 radical (unpaired) electrons. The van der Waals surface area contributed by atoms with E-state index in [1.54, 1.807) is 0 Å². The van der Waals surface area contributed by atoms with E-state index in [9.17, 15) is 4.79 Å². The van der Waals surface area contributed by atoms with Gasteiger partial charge in [-0.05, 0) is 12.5 Å². The molecule has 15 heavy (non-hydrogen) atoms. The minimum absolute atomic E-state index is 0.479. The molecule has 1 rings (SSSR count). The molecule has 4 nitrogen and oxygen atoms in total. The SMILES string of the molecule is Cc1cccc(CNCCNC(N)=O)c1. The molecule has 2 amide bonds. The van der Waals surface area contributed by atoms with E-state index in [-0.39, 0.29) is 0 Å².